The number of allylic oxidation sites excluding steroid dienone is 1. The average molecular weight is 350 g/mol. The first-order valence-electron chi connectivity index (χ1n) is 7.23. The number of nitrogens with one attached hydrogen (secondary N) is 1. The summed E-state index contributed by atoms with van der Waals surface area (Å²) in [7, 11) is -3.71. The van der Waals surface area contributed by atoms with Crippen molar-refractivity contribution in [1.82, 2.24) is 5.32 Å². The molecule has 0 amide bonds. The van der Waals surface area contributed by atoms with Gasteiger partial charge in [0.05, 0.1) is 22.7 Å². The van der Waals surface area contributed by atoms with E-state index in [0.29, 0.717) is 24.4 Å². The van der Waals surface area contributed by atoms with Crippen LogP contribution in [-0.4, -0.2) is 32.1 Å². The fourth-order valence-electron chi connectivity index (χ4n) is 2.02. The quantitative estimate of drug-likeness (QED) is 0.643. The highest BCUT2D eigenvalue weighted by Crippen LogP contribution is 2.19. The first-order chi connectivity index (χ1) is 11.3. The molecule has 9 heteroatoms. The molecule has 0 radical (unpaired) electrons. The Balaban J connectivity index is 1.88. The number of carbonyl (C=O) groups is 1. The van der Waals surface area contributed by atoms with Crippen molar-refractivity contribution in [2.75, 3.05) is 6.54 Å². The number of azo groups is 1. The number of carboxylic acid groups (broad SMARTS) is 1. The van der Waals surface area contributed by atoms with Crippen molar-refractivity contribution in [3.05, 3.63) is 48.2 Å². The topological polar surface area (TPSA) is 134 Å². The zero-order chi connectivity index (χ0) is 17.6. The number of nitrogens with two attached hydrogens (primary N) is 1. The van der Waals surface area contributed by atoms with E-state index in [0.717, 1.165) is 0 Å². The van der Waals surface area contributed by atoms with Crippen molar-refractivity contribution < 1.29 is 18.3 Å². The Morgan fingerprint density at radius 2 is 2.00 bits per heavy atom. The minimum Gasteiger partial charge on any atom is -0.481 e. The van der Waals surface area contributed by atoms with Crippen LogP contribution < -0.4 is 10.5 Å². The molecule has 0 aromatic heterocycles. The van der Waals surface area contributed by atoms with Crippen LogP contribution in [0.1, 0.15) is 12.8 Å². The van der Waals surface area contributed by atoms with Crippen molar-refractivity contribution in [3.8, 4) is 0 Å². The zero-order valence-corrected chi connectivity index (χ0v) is 13.6. The lowest BCUT2D eigenvalue weighted by Gasteiger charge is -2.15. The van der Waals surface area contributed by atoms with Gasteiger partial charge in [-0.3, -0.25) is 4.79 Å². The number of carboxylic acids is 1. The molecule has 1 aromatic rings. The number of hydrogen-bond acceptors (Lipinski definition) is 6. The Bertz CT molecular complexity index is 782. The Morgan fingerprint density at radius 3 is 2.54 bits per heavy atom. The number of sulfonamides is 1. The molecule has 0 aliphatic heterocycles. The van der Waals surface area contributed by atoms with Gasteiger partial charge >= 0.3 is 5.97 Å². The van der Waals surface area contributed by atoms with Crippen LogP contribution in [0.25, 0.3) is 0 Å². The van der Waals surface area contributed by atoms with E-state index in [4.69, 9.17) is 10.2 Å². The Morgan fingerprint density at radius 1 is 1.29 bits per heavy atom. The van der Waals surface area contributed by atoms with E-state index in [1.54, 1.807) is 6.08 Å². The summed E-state index contributed by atoms with van der Waals surface area (Å²) in [4.78, 5) is 10.5. The van der Waals surface area contributed by atoms with Crippen LogP contribution in [0.4, 0.5) is 5.69 Å². The van der Waals surface area contributed by atoms with Crippen molar-refractivity contribution in [3.63, 3.8) is 0 Å². The number of benzene rings is 1. The lowest BCUT2D eigenvalue weighted by molar-refractivity contribution is -0.136. The van der Waals surface area contributed by atoms with Crippen LogP contribution in [0.3, 0.4) is 0 Å². The van der Waals surface area contributed by atoms with Gasteiger partial charge in [-0.25, -0.2) is 13.6 Å². The van der Waals surface area contributed by atoms with Gasteiger partial charge in [0.25, 0.3) is 0 Å². The van der Waals surface area contributed by atoms with Gasteiger partial charge in [-0.15, -0.1) is 0 Å². The molecular formula is C15H18N4O4S. The standard InChI is InChI=1S/C15H18N4O4S/c16-24(22,23)14-7-5-13(6-8-14)19-18-12-3-1-11(2-4-12)17-10-9-15(20)21/h1,3-8,11,17H,2,9-10H2,(H,20,21)(H2,16,22,23)/b19-18+. The molecule has 1 unspecified atom stereocenters. The molecule has 1 aliphatic rings. The van der Waals surface area contributed by atoms with Crippen LogP contribution in [0.2, 0.25) is 0 Å². The molecule has 0 saturated carbocycles. The third-order valence-electron chi connectivity index (χ3n) is 3.27. The summed E-state index contributed by atoms with van der Waals surface area (Å²) in [5.74, 6) is -0.833. The minimum absolute atomic E-state index is 0.0218. The van der Waals surface area contributed by atoms with Gasteiger partial charge in [0.2, 0.25) is 10.0 Å². The Kier molecular flexibility index (Phi) is 5.96. The average Bonchev–Trinajstić information content (AvgIpc) is 2.53. The van der Waals surface area contributed by atoms with E-state index in [1.165, 1.54) is 24.3 Å². The molecule has 24 heavy (non-hydrogen) atoms. The van der Waals surface area contributed by atoms with Crippen LogP contribution in [0.15, 0.2) is 63.3 Å². The van der Waals surface area contributed by atoms with Gasteiger partial charge in [0.15, 0.2) is 0 Å². The third kappa shape index (κ3) is 5.69. The summed E-state index contributed by atoms with van der Waals surface area (Å²) in [5, 5.41) is 24.8. The predicted octanol–water partition coefficient (Wildman–Crippen LogP) is 1.69. The monoisotopic (exact) mass is 350 g/mol. The summed E-state index contributed by atoms with van der Waals surface area (Å²) < 4.78 is 22.3. The molecule has 1 atom stereocenters. The fourth-order valence-corrected chi connectivity index (χ4v) is 2.53. The summed E-state index contributed by atoms with van der Waals surface area (Å²) in [6, 6.07) is 5.87. The molecule has 128 valence electrons. The predicted molar refractivity (Wildman–Crippen MR) is 88.2 cm³/mol. The normalized spacial score (nSPS) is 17.9. The second kappa shape index (κ2) is 7.95. The second-order valence-corrected chi connectivity index (χ2v) is 6.73. The number of rotatable bonds is 7. The molecule has 0 bridgehead atoms. The summed E-state index contributed by atoms with van der Waals surface area (Å²) in [5.41, 5.74) is 1.19. The SMILES string of the molecule is NS(=O)(=O)c1ccc(/N=N/C2=CCC(NCCC(=O)O)C=C2)cc1. The second-order valence-electron chi connectivity index (χ2n) is 5.17. The molecule has 0 saturated heterocycles. The van der Waals surface area contributed by atoms with Gasteiger partial charge in [-0.05, 0) is 36.8 Å². The molecule has 0 fully saturated rings. The van der Waals surface area contributed by atoms with Crippen LogP contribution in [-0.2, 0) is 14.8 Å². The van der Waals surface area contributed by atoms with E-state index >= 15 is 0 Å². The highest BCUT2D eigenvalue weighted by atomic mass is 32.2. The van der Waals surface area contributed by atoms with Gasteiger partial charge in [0, 0.05) is 12.6 Å². The Labute approximate surface area is 139 Å². The zero-order valence-electron chi connectivity index (χ0n) is 12.8. The first-order valence-corrected chi connectivity index (χ1v) is 8.77. The number of hydrogen-bond donors (Lipinski definition) is 3. The van der Waals surface area contributed by atoms with Gasteiger partial charge in [-0.2, -0.15) is 10.2 Å². The lowest BCUT2D eigenvalue weighted by Crippen LogP contribution is -2.29. The van der Waals surface area contributed by atoms with Gasteiger partial charge in [0.1, 0.15) is 0 Å². The molecule has 2 rings (SSSR count). The number of nitrogens with zero attached hydrogens (tertiary/aromatic N) is 2. The Hall–Kier alpha value is -2.36. The van der Waals surface area contributed by atoms with Crippen LogP contribution in [0.5, 0.6) is 0 Å². The van der Waals surface area contributed by atoms with Gasteiger partial charge < -0.3 is 10.4 Å². The summed E-state index contributed by atoms with van der Waals surface area (Å²) >= 11 is 0. The maximum atomic E-state index is 11.2. The van der Waals surface area contributed by atoms with Crippen molar-refractivity contribution >= 4 is 21.7 Å². The largest absolute Gasteiger partial charge is 0.481 e. The van der Waals surface area contributed by atoms with Crippen molar-refractivity contribution in [2.45, 2.75) is 23.8 Å². The minimum atomic E-state index is -3.71. The van der Waals surface area contributed by atoms with E-state index in [1.807, 2.05) is 12.2 Å². The van der Waals surface area contributed by atoms with E-state index in [9.17, 15) is 13.2 Å². The molecule has 0 heterocycles. The lowest BCUT2D eigenvalue weighted by atomic mass is 10.1. The molecule has 1 aromatic carbocycles. The van der Waals surface area contributed by atoms with E-state index < -0.39 is 16.0 Å². The highest BCUT2D eigenvalue weighted by Gasteiger charge is 2.09. The van der Waals surface area contributed by atoms with E-state index in [2.05, 4.69) is 15.5 Å². The molecule has 0 spiro atoms. The maximum absolute atomic E-state index is 11.2. The highest BCUT2D eigenvalue weighted by molar-refractivity contribution is 7.89. The molecular weight excluding hydrogens is 332 g/mol. The third-order valence-corrected chi connectivity index (χ3v) is 4.20. The fraction of sp³-hybridized carbons (Fsp3) is 0.267. The van der Waals surface area contributed by atoms with Crippen LogP contribution in [0, 0.1) is 0 Å². The number of primary sulfonamides is 1. The molecule has 1 aliphatic carbocycles. The van der Waals surface area contributed by atoms with Crippen molar-refractivity contribution in [1.29, 1.82) is 0 Å². The molecule has 4 N–H and O–H groups in total. The summed E-state index contributed by atoms with van der Waals surface area (Å²) in [6.07, 6.45) is 6.36. The summed E-state index contributed by atoms with van der Waals surface area (Å²) in [6.45, 7) is 0.408. The smallest absolute Gasteiger partial charge is 0.304 e. The maximum Gasteiger partial charge on any atom is 0.304 e. The first kappa shape index (κ1) is 18.0. The molecule has 8 nitrogen and oxygen atoms in total. The van der Waals surface area contributed by atoms with Crippen molar-refractivity contribution in [2.24, 2.45) is 15.4 Å². The van der Waals surface area contributed by atoms with Crippen LogP contribution >= 0.6 is 0 Å². The van der Waals surface area contributed by atoms with E-state index in [-0.39, 0.29) is 17.4 Å². The van der Waals surface area contributed by atoms with Gasteiger partial charge in [-0.1, -0.05) is 12.2 Å². The number of aliphatic carboxylic acids is 1.